The fraction of sp³-hybridized carbons (Fsp3) is 0.412. The molecule has 1 aliphatic rings. The van der Waals surface area contributed by atoms with E-state index < -0.39 is 0 Å². The van der Waals surface area contributed by atoms with Crippen LogP contribution in [0.4, 0.5) is 16.0 Å². The molecule has 3 rings (SSSR count). The van der Waals surface area contributed by atoms with E-state index in [1.165, 1.54) is 31.4 Å². The Morgan fingerprint density at radius 1 is 1.09 bits per heavy atom. The van der Waals surface area contributed by atoms with Crippen LogP contribution in [0.25, 0.3) is 0 Å². The second-order valence-electron chi connectivity index (χ2n) is 5.76. The molecule has 2 heterocycles. The number of nitrogens with zero attached hydrogens (tertiary/aromatic N) is 4. The Kier molecular flexibility index (Phi) is 4.51. The number of anilines is 2. The van der Waals surface area contributed by atoms with Gasteiger partial charge in [-0.3, -0.25) is 0 Å². The zero-order valence-electron chi connectivity index (χ0n) is 12.9. The molecule has 0 spiro atoms. The minimum absolute atomic E-state index is 0.208. The average Bonchev–Trinajstić information content (AvgIpc) is 2.58. The lowest BCUT2D eigenvalue weighted by Gasteiger charge is -2.28. The van der Waals surface area contributed by atoms with E-state index in [1.807, 2.05) is 13.1 Å². The van der Waals surface area contributed by atoms with Crippen molar-refractivity contribution in [3.8, 4) is 0 Å². The van der Waals surface area contributed by atoms with Crippen molar-refractivity contribution in [3.63, 3.8) is 0 Å². The fourth-order valence-corrected chi connectivity index (χ4v) is 2.79. The third kappa shape index (κ3) is 3.53. The number of hydrogen-bond acceptors (Lipinski definition) is 4. The third-order valence-electron chi connectivity index (χ3n) is 4.04. The van der Waals surface area contributed by atoms with E-state index in [-0.39, 0.29) is 5.82 Å². The topological polar surface area (TPSA) is 32.3 Å². The van der Waals surface area contributed by atoms with Crippen molar-refractivity contribution in [2.75, 3.05) is 29.9 Å². The van der Waals surface area contributed by atoms with E-state index in [9.17, 15) is 4.39 Å². The van der Waals surface area contributed by atoms with Crippen molar-refractivity contribution in [2.45, 2.75) is 25.8 Å². The van der Waals surface area contributed by atoms with Gasteiger partial charge < -0.3 is 9.80 Å². The first-order valence-corrected chi connectivity index (χ1v) is 7.75. The number of aromatic nitrogens is 2. The van der Waals surface area contributed by atoms with Crippen LogP contribution in [0.15, 0.2) is 36.7 Å². The highest BCUT2D eigenvalue weighted by Gasteiger charge is 2.14. The Hall–Kier alpha value is -2.17. The van der Waals surface area contributed by atoms with Crippen LogP contribution >= 0.6 is 0 Å². The minimum atomic E-state index is -0.208. The Bertz CT molecular complexity index is 608. The van der Waals surface area contributed by atoms with Crippen LogP contribution in [0.2, 0.25) is 0 Å². The SMILES string of the molecule is CN(Cc1ccc(F)cc1)c1cc(N2CCCCC2)ncn1. The first-order chi connectivity index (χ1) is 10.7. The van der Waals surface area contributed by atoms with Crippen molar-refractivity contribution in [3.05, 3.63) is 48.0 Å². The maximum absolute atomic E-state index is 13.0. The second-order valence-corrected chi connectivity index (χ2v) is 5.76. The fourth-order valence-electron chi connectivity index (χ4n) is 2.79. The number of halogens is 1. The van der Waals surface area contributed by atoms with Gasteiger partial charge in [0, 0.05) is 32.7 Å². The molecule has 1 aromatic carbocycles. The maximum atomic E-state index is 13.0. The molecule has 0 aliphatic carbocycles. The molecule has 4 nitrogen and oxygen atoms in total. The second kappa shape index (κ2) is 6.73. The summed E-state index contributed by atoms with van der Waals surface area (Å²) in [7, 11) is 1.99. The number of piperidine rings is 1. The molecule has 0 unspecified atom stereocenters. The molecule has 5 heteroatoms. The number of hydrogen-bond donors (Lipinski definition) is 0. The highest BCUT2D eigenvalue weighted by molar-refractivity contribution is 5.50. The Morgan fingerprint density at radius 3 is 2.55 bits per heavy atom. The van der Waals surface area contributed by atoms with E-state index in [0.717, 1.165) is 30.3 Å². The van der Waals surface area contributed by atoms with Crippen LogP contribution in [-0.2, 0) is 6.54 Å². The Labute approximate surface area is 130 Å². The van der Waals surface area contributed by atoms with Crippen molar-refractivity contribution in [1.82, 2.24) is 9.97 Å². The van der Waals surface area contributed by atoms with Crippen LogP contribution in [0, 0.1) is 5.82 Å². The van der Waals surface area contributed by atoms with E-state index in [1.54, 1.807) is 18.5 Å². The summed E-state index contributed by atoms with van der Waals surface area (Å²) in [5, 5.41) is 0. The summed E-state index contributed by atoms with van der Waals surface area (Å²) < 4.78 is 13.0. The standard InChI is InChI=1S/C17H21FN4/c1-21(12-14-5-7-15(18)8-6-14)16-11-17(20-13-19-16)22-9-3-2-4-10-22/h5-8,11,13H,2-4,9-10,12H2,1H3. The smallest absolute Gasteiger partial charge is 0.134 e. The molecule has 0 atom stereocenters. The summed E-state index contributed by atoms with van der Waals surface area (Å²) in [6.45, 7) is 2.83. The van der Waals surface area contributed by atoms with Gasteiger partial charge in [-0.1, -0.05) is 12.1 Å². The van der Waals surface area contributed by atoms with Gasteiger partial charge in [0.05, 0.1) is 0 Å². The summed E-state index contributed by atoms with van der Waals surface area (Å²) in [5.41, 5.74) is 1.06. The maximum Gasteiger partial charge on any atom is 0.134 e. The molecule has 1 aliphatic heterocycles. The Balaban J connectivity index is 1.71. The lowest BCUT2D eigenvalue weighted by Crippen LogP contribution is -2.30. The molecule has 1 fully saturated rings. The molecule has 22 heavy (non-hydrogen) atoms. The predicted molar refractivity (Wildman–Crippen MR) is 86.6 cm³/mol. The third-order valence-corrected chi connectivity index (χ3v) is 4.04. The molecule has 0 N–H and O–H groups in total. The molecular formula is C17H21FN4. The van der Waals surface area contributed by atoms with Crippen molar-refractivity contribution < 1.29 is 4.39 Å². The predicted octanol–water partition coefficient (Wildman–Crippen LogP) is 3.24. The van der Waals surface area contributed by atoms with Gasteiger partial charge in [-0.2, -0.15) is 0 Å². The van der Waals surface area contributed by atoms with Crippen molar-refractivity contribution >= 4 is 11.6 Å². The number of rotatable bonds is 4. The van der Waals surface area contributed by atoms with Gasteiger partial charge in [-0.25, -0.2) is 14.4 Å². The lowest BCUT2D eigenvalue weighted by molar-refractivity contribution is 0.573. The molecule has 1 aromatic heterocycles. The molecule has 2 aromatic rings. The number of benzene rings is 1. The first-order valence-electron chi connectivity index (χ1n) is 7.75. The highest BCUT2D eigenvalue weighted by atomic mass is 19.1. The summed E-state index contributed by atoms with van der Waals surface area (Å²) in [6, 6.07) is 8.62. The molecule has 0 bridgehead atoms. The highest BCUT2D eigenvalue weighted by Crippen LogP contribution is 2.21. The van der Waals surface area contributed by atoms with Crippen LogP contribution in [-0.4, -0.2) is 30.1 Å². The van der Waals surface area contributed by atoms with Gasteiger partial charge in [-0.15, -0.1) is 0 Å². The van der Waals surface area contributed by atoms with Gasteiger partial charge in [-0.05, 0) is 37.0 Å². The van der Waals surface area contributed by atoms with Crippen LogP contribution in [0.5, 0.6) is 0 Å². The molecule has 1 saturated heterocycles. The van der Waals surface area contributed by atoms with Gasteiger partial charge in [0.2, 0.25) is 0 Å². The first kappa shape index (κ1) is 14.8. The molecule has 0 saturated carbocycles. The zero-order chi connectivity index (χ0) is 15.4. The molecule has 0 amide bonds. The van der Waals surface area contributed by atoms with Crippen molar-refractivity contribution in [2.24, 2.45) is 0 Å². The molecule has 116 valence electrons. The monoisotopic (exact) mass is 300 g/mol. The average molecular weight is 300 g/mol. The van der Waals surface area contributed by atoms with Crippen LogP contribution in [0.1, 0.15) is 24.8 Å². The quantitative estimate of drug-likeness (QED) is 0.867. The van der Waals surface area contributed by atoms with E-state index in [4.69, 9.17) is 0 Å². The zero-order valence-corrected chi connectivity index (χ0v) is 12.9. The minimum Gasteiger partial charge on any atom is -0.356 e. The van der Waals surface area contributed by atoms with Crippen molar-refractivity contribution in [1.29, 1.82) is 0 Å². The summed E-state index contributed by atoms with van der Waals surface area (Å²) in [5.74, 6) is 1.68. The van der Waals surface area contributed by atoms with E-state index >= 15 is 0 Å². The normalized spacial score (nSPS) is 14.9. The van der Waals surface area contributed by atoms with Gasteiger partial charge in [0.1, 0.15) is 23.8 Å². The van der Waals surface area contributed by atoms with Gasteiger partial charge >= 0.3 is 0 Å². The summed E-state index contributed by atoms with van der Waals surface area (Å²) in [4.78, 5) is 13.1. The summed E-state index contributed by atoms with van der Waals surface area (Å²) >= 11 is 0. The Morgan fingerprint density at radius 2 is 1.82 bits per heavy atom. The largest absolute Gasteiger partial charge is 0.356 e. The molecular weight excluding hydrogens is 279 g/mol. The van der Waals surface area contributed by atoms with Crippen LogP contribution < -0.4 is 9.80 Å². The van der Waals surface area contributed by atoms with Gasteiger partial charge in [0.25, 0.3) is 0 Å². The lowest BCUT2D eigenvalue weighted by atomic mass is 10.1. The van der Waals surface area contributed by atoms with Crippen LogP contribution in [0.3, 0.4) is 0 Å². The van der Waals surface area contributed by atoms with E-state index in [0.29, 0.717) is 6.54 Å². The van der Waals surface area contributed by atoms with Gasteiger partial charge in [0.15, 0.2) is 0 Å². The summed E-state index contributed by atoms with van der Waals surface area (Å²) in [6.07, 6.45) is 5.38. The molecule has 0 radical (unpaired) electrons. The van der Waals surface area contributed by atoms with E-state index in [2.05, 4.69) is 19.8 Å².